The summed E-state index contributed by atoms with van der Waals surface area (Å²) in [5.74, 6) is 2.02. The van der Waals surface area contributed by atoms with Crippen LogP contribution in [0.5, 0.6) is 11.5 Å². The monoisotopic (exact) mass is 292 g/mol. The third-order valence-corrected chi connectivity index (χ3v) is 4.95. The van der Waals surface area contributed by atoms with Crippen molar-refractivity contribution in [2.24, 2.45) is 11.8 Å². The summed E-state index contributed by atoms with van der Waals surface area (Å²) >= 11 is 0. The van der Waals surface area contributed by atoms with Crippen molar-refractivity contribution >= 4 is 0 Å². The van der Waals surface area contributed by atoms with Gasteiger partial charge in [0, 0.05) is 5.56 Å². The maximum Gasteiger partial charge on any atom is 0.171 e. The topological polar surface area (TPSA) is 18.5 Å². The summed E-state index contributed by atoms with van der Waals surface area (Å²) in [7, 11) is 0. The van der Waals surface area contributed by atoms with Crippen LogP contribution >= 0.6 is 0 Å². The van der Waals surface area contributed by atoms with Gasteiger partial charge in [0.1, 0.15) is 5.75 Å². The quantitative estimate of drug-likeness (QED) is 0.744. The highest BCUT2D eigenvalue weighted by molar-refractivity contribution is 5.41. The maximum atomic E-state index is 14.4. The number of rotatable bonds is 6. The zero-order valence-corrected chi connectivity index (χ0v) is 12.9. The lowest BCUT2D eigenvalue weighted by molar-refractivity contribution is 0.178. The Bertz CT molecular complexity index is 476. The predicted molar refractivity (Wildman–Crippen MR) is 81.4 cm³/mol. The number of hydrogen-bond donors (Lipinski definition) is 0. The van der Waals surface area contributed by atoms with E-state index in [0.29, 0.717) is 42.1 Å². The fourth-order valence-electron chi connectivity index (χ4n) is 3.16. The number of benzene rings is 1. The first-order valence-electron chi connectivity index (χ1n) is 8.28. The van der Waals surface area contributed by atoms with Crippen LogP contribution in [0.1, 0.15) is 50.5 Å². The van der Waals surface area contributed by atoms with Gasteiger partial charge in [-0.1, -0.05) is 19.3 Å². The van der Waals surface area contributed by atoms with Crippen LogP contribution in [0, 0.1) is 24.6 Å². The fraction of sp³-hybridized carbons (Fsp3) is 0.667. The Morgan fingerprint density at radius 3 is 2.00 bits per heavy atom. The van der Waals surface area contributed by atoms with E-state index in [-0.39, 0.29) is 5.82 Å². The fourth-order valence-corrected chi connectivity index (χ4v) is 3.16. The highest BCUT2D eigenvalue weighted by atomic mass is 19.1. The minimum atomic E-state index is -0.265. The van der Waals surface area contributed by atoms with E-state index >= 15 is 0 Å². The number of halogens is 1. The van der Waals surface area contributed by atoms with E-state index in [0.717, 1.165) is 0 Å². The molecular weight excluding hydrogens is 267 g/mol. The van der Waals surface area contributed by atoms with Crippen LogP contribution in [0.2, 0.25) is 0 Å². The van der Waals surface area contributed by atoms with Crippen molar-refractivity contribution in [1.29, 1.82) is 0 Å². The molecular formula is C18H25FO2. The minimum Gasteiger partial charge on any atom is -0.493 e. The van der Waals surface area contributed by atoms with Crippen LogP contribution in [-0.2, 0) is 0 Å². The van der Waals surface area contributed by atoms with Crippen molar-refractivity contribution in [3.8, 4) is 11.5 Å². The van der Waals surface area contributed by atoms with Gasteiger partial charge in [0.05, 0.1) is 13.2 Å². The molecule has 0 heterocycles. The lowest BCUT2D eigenvalue weighted by Gasteiger charge is -2.25. The maximum absolute atomic E-state index is 14.4. The second kappa shape index (κ2) is 6.67. The molecule has 1 aromatic carbocycles. The number of hydrogen-bond acceptors (Lipinski definition) is 2. The summed E-state index contributed by atoms with van der Waals surface area (Å²) in [6.45, 7) is 3.12. The molecule has 2 fully saturated rings. The van der Waals surface area contributed by atoms with Gasteiger partial charge in [0.25, 0.3) is 0 Å². The van der Waals surface area contributed by atoms with E-state index in [2.05, 4.69) is 0 Å². The molecule has 0 atom stereocenters. The molecule has 3 heteroatoms. The molecule has 0 bridgehead atoms. The van der Waals surface area contributed by atoms with Gasteiger partial charge < -0.3 is 9.47 Å². The second-order valence-electron chi connectivity index (χ2n) is 6.57. The first kappa shape index (κ1) is 14.7. The van der Waals surface area contributed by atoms with Gasteiger partial charge in [-0.05, 0) is 56.6 Å². The van der Waals surface area contributed by atoms with Gasteiger partial charge in [-0.3, -0.25) is 0 Å². The van der Waals surface area contributed by atoms with E-state index in [4.69, 9.17) is 9.47 Å². The Labute approximate surface area is 126 Å². The zero-order chi connectivity index (χ0) is 14.7. The molecule has 0 spiro atoms. The molecule has 2 nitrogen and oxygen atoms in total. The average Bonchev–Trinajstić information content (AvgIpc) is 2.94. The largest absolute Gasteiger partial charge is 0.493 e. The van der Waals surface area contributed by atoms with Crippen molar-refractivity contribution < 1.29 is 13.9 Å². The first-order valence-corrected chi connectivity index (χ1v) is 8.28. The highest BCUT2D eigenvalue weighted by Crippen LogP contribution is 2.32. The lowest BCUT2D eigenvalue weighted by Crippen LogP contribution is -2.19. The van der Waals surface area contributed by atoms with Gasteiger partial charge in [-0.15, -0.1) is 0 Å². The Balaban J connectivity index is 1.58. The summed E-state index contributed by atoms with van der Waals surface area (Å²) in [5, 5.41) is 0. The standard InChI is InChI=1S/C18H25FO2/c1-13-16(20-11-15-7-4-8-15)9-10-17(18(13)19)21-12-14-5-2-3-6-14/h9-10,14-15H,2-8,11-12H2,1H3. The van der Waals surface area contributed by atoms with Crippen LogP contribution in [0.3, 0.4) is 0 Å². The van der Waals surface area contributed by atoms with Gasteiger partial charge >= 0.3 is 0 Å². The van der Waals surface area contributed by atoms with Crippen molar-refractivity contribution in [1.82, 2.24) is 0 Å². The molecule has 0 unspecified atom stereocenters. The molecule has 0 saturated heterocycles. The molecule has 0 amide bonds. The van der Waals surface area contributed by atoms with Gasteiger partial charge in [0.15, 0.2) is 11.6 Å². The van der Waals surface area contributed by atoms with E-state index in [1.807, 2.05) is 6.07 Å². The Morgan fingerprint density at radius 2 is 1.43 bits per heavy atom. The first-order chi connectivity index (χ1) is 10.2. The average molecular weight is 292 g/mol. The van der Waals surface area contributed by atoms with E-state index in [1.54, 1.807) is 13.0 Å². The summed E-state index contributed by atoms with van der Waals surface area (Å²) in [4.78, 5) is 0. The SMILES string of the molecule is Cc1c(OCC2CCC2)ccc(OCC2CCCC2)c1F. The molecule has 116 valence electrons. The third kappa shape index (κ3) is 3.50. The summed E-state index contributed by atoms with van der Waals surface area (Å²) in [6.07, 6.45) is 8.77. The molecule has 0 aliphatic heterocycles. The lowest BCUT2D eigenvalue weighted by atomic mass is 9.86. The van der Waals surface area contributed by atoms with E-state index in [9.17, 15) is 4.39 Å². The van der Waals surface area contributed by atoms with Crippen LogP contribution in [0.25, 0.3) is 0 Å². The van der Waals surface area contributed by atoms with Crippen molar-refractivity contribution in [2.75, 3.05) is 13.2 Å². The van der Waals surface area contributed by atoms with Crippen LogP contribution < -0.4 is 9.47 Å². The smallest absolute Gasteiger partial charge is 0.171 e. The Kier molecular flexibility index (Phi) is 4.67. The molecule has 3 rings (SSSR count). The molecule has 1 aromatic rings. The van der Waals surface area contributed by atoms with Gasteiger partial charge in [-0.25, -0.2) is 4.39 Å². The van der Waals surface area contributed by atoms with E-state index < -0.39 is 0 Å². The van der Waals surface area contributed by atoms with Crippen molar-refractivity contribution in [3.05, 3.63) is 23.5 Å². The predicted octanol–water partition coefficient (Wildman–Crippen LogP) is 4.88. The molecule has 0 radical (unpaired) electrons. The minimum absolute atomic E-state index is 0.265. The second-order valence-corrected chi connectivity index (χ2v) is 6.57. The number of ether oxygens (including phenoxy) is 2. The third-order valence-electron chi connectivity index (χ3n) is 4.95. The highest BCUT2D eigenvalue weighted by Gasteiger charge is 2.20. The summed E-state index contributed by atoms with van der Waals surface area (Å²) in [6, 6.07) is 3.56. The molecule has 2 aliphatic carbocycles. The van der Waals surface area contributed by atoms with E-state index in [1.165, 1.54) is 44.9 Å². The van der Waals surface area contributed by atoms with Gasteiger partial charge in [0.2, 0.25) is 0 Å². The summed E-state index contributed by atoms with van der Waals surface area (Å²) in [5.41, 5.74) is 0.568. The van der Waals surface area contributed by atoms with Crippen molar-refractivity contribution in [3.63, 3.8) is 0 Å². The van der Waals surface area contributed by atoms with Crippen LogP contribution in [0.15, 0.2) is 12.1 Å². The Morgan fingerprint density at radius 1 is 0.905 bits per heavy atom. The summed E-state index contributed by atoms with van der Waals surface area (Å²) < 4.78 is 25.8. The Hall–Kier alpha value is -1.25. The molecule has 0 aromatic heterocycles. The van der Waals surface area contributed by atoms with Gasteiger partial charge in [-0.2, -0.15) is 0 Å². The van der Waals surface area contributed by atoms with Crippen molar-refractivity contribution in [2.45, 2.75) is 51.9 Å². The normalized spacial score (nSPS) is 19.5. The molecule has 0 N–H and O–H groups in total. The molecule has 2 saturated carbocycles. The van der Waals surface area contributed by atoms with Crippen LogP contribution in [0.4, 0.5) is 4.39 Å². The molecule has 21 heavy (non-hydrogen) atoms. The molecule has 2 aliphatic rings. The van der Waals surface area contributed by atoms with Crippen LogP contribution in [-0.4, -0.2) is 13.2 Å². The zero-order valence-electron chi connectivity index (χ0n) is 12.9.